The maximum Gasteiger partial charge on any atom is 0.331 e. The molecule has 22 heavy (non-hydrogen) atoms. The quantitative estimate of drug-likeness (QED) is 0.364. The van der Waals surface area contributed by atoms with Gasteiger partial charge in [0.15, 0.2) is 0 Å². The van der Waals surface area contributed by atoms with Crippen LogP contribution in [0.15, 0.2) is 39.9 Å². The molecule has 0 aliphatic heterocycles. The van der Waals surface area contributed by atoms with Crippen molar-refractivity contribution in [3.63, 3.8) is 0 Å². The lowest BCUT2D eigenvalue weighted by molar-refractivity contribution is -0.384. The van der Waals surface area contributed by atoms with E-state index in [0.717, 1.165) is 0 Å². The SMILES string of the molecule is COc1ccc([N+](=O)[O-])cc1-c1ccc(/C=N/OC(C)=O)o1. The first-order chi connectivity index (χ1) is 10.5. The third-order valence-corrected chi connectivity index (χ3v) is 2.65. The molecule has 0 aliphatic rings. The Bertz CT molecular complexity index is 735. The highest BCUT2D eigenvalue weighted by Crippen LogP contribution is 2.34. The molecule has 2 rings (SSSR count). The van der Waals surface area contributed by atoms with E-state index in [1.54, 1.807) is 12.1 Å². The molecule has 0 fully saturated rings. The fraction of sp³-hybridized carbons (Fsp3) is 0.143. The van der Waals surface area contributed by atoms with Gasteiger partial charge in [-0.2, -0.15) is 0 Å². The molecule has 114 valence electrons. The van der Waals surface area contributed by atoms with Gasteiger partial charge >= 0.3 is 5.97 Å². The van der Waals surface area contributed by atoms with Crippen LogP contribution in [0.25, 0.3) is 11.3 Å². The van der Waals surface area contributed by atoms with Crippen molar-refractivity contribution < 1.29 is 23.7 Å². The average molecular weight is 304 g/mol. The first-order valence-corrected chi connectivity index (χ1v) is 6.15. The maximum absolute atomic E-state index is 10.9. The number of nitro benzene ring substituents is 1. The van der Waals surface area contributed by atoms with Crippen LogP contribution in [0.1, 0.15) is 12.7 Å². The van der Waals surface area contributed by atoms with E-state index in [-0.39, 0.29) is 5.69 Å². The van der Waals surface area contributed by atoms with Gasteiger partial charge in [-0.15, -0.1) is 0 Å². The third kappa shape index (κ3) is 3.48. The van der Waals surface area contributed by atoms with Crippen LogP contribution < -0.4 is 4.74 Å². The smallest absolute Gasteiger partial charge is 0.331 e. The van der Waals surface area contributed by atoms with Gasteiger partial charge in [-0.3, -0.25) is 10.1 Å². The van der Waals surface area contributed by atoms with Crippen molar-refractivity contribution in [3.8, 4) is 17.1 Å². The molecular weight excluding hydrogens is 292 g/mol. The van der Waals surface area contributed by atoms with E-state index >= 15 is 0 Å². The molecule has 1 aromatic heterocycles. The second kappa shape index (κ2) is 6.53. The molecule has 1 heterocycles. The van der Waals surface area contributed by atoms with E-state index in [0.29, 0.717) is 22.8 Å². The Labute approximate surface area is 125 Å². The lowest BCUT2D eigenvalue weighted by Gasteiger charge is -2.05. The Balaban J connectivity index is 2.33. The molecule has 1 aromatic carbocycles. The highest BCUT2D eigenvalue weighted by molar-refractivity contribution is 5.79. The number of rotatable bonds is 5. The summed E-state index contributed by atoms with van der Waals surface area (Å²) >= 11 is 0. The zero-order chi connectivity index (χ0) is 16.1. The Morgan fingerprint density at radius 3 is 2.77 bits per heavy atom. The maximum atomic E-state index is 10.9. The summed E-state index contributed by atoms with van der Waals surface area (Å²) in [5.41, 5.74) is 0.353. The number of methoxy groups -OCH3 is 1. The van der Waals surface area contributed by atoms with Gasteiger partial charge in [0.1, 0.15) is 23.5 Å². The molecule has 8 nitrogen and oxygen atoms in total. The van der Waals surface area contributed by atoms with Crippen molar-refractivity contribution in [1.82, 2.24) is 0 Å². The van der Waals surface area contributed by atoms with Crippen LogP contribution in [0, 0.1) is 10.1 Å². The summed E-state index contributed by atoms with van der Waals surface area (Å²) < 4.78 is 10.7. The number of hydrogen-bond donors (Lipinski definition) is 0. The molecule has 0 spiro atoms. The highest BCUT2D eigenvalue weighted by Gasteiger charge is 2.15. The standard InChI is InChI=1S/C14H12N2O6/c1-9(17)22-15-8-11-4-6-14(21-11)12-7-10(16(18)19)3-5-13(12)20-2/h3-8H,1-2H3/b15-8+. The highest BCUT2D eigenvalue weighted by atomic mass is 16.7. The Morgan fingerprint density at radius 2 is 2.14 bits per heavy atom. The summed E-state index contributed by atoms with van der Waals surface area (Å²) in [7, 11) is 1.46. The molecule has 0 unspecified atom stereocenters. The lowest BCUT2D eigenvalue weighted by Crippen LogP contribution is -1.92. The third-order valence-electron chi connectivity index (χ3n) is 2.65. The number of oxime groups is 1. The fourth-order valence-electron chi connectivity index (χ4n) is 1.72. The van der Waals surface area contributed by atoms with E-state index in [9.17, 15) is 14.9 Å². The first kappa shape index (κ1) is 15.2. The van der Waals surface area contributed by atoms with Crippen LogP contribution in [0.5, 0.6) is 5.75 Å². The molecule has 0 atom stereocenters. The number of furan rings is 1. The van der Waals surface area contributed by atoms with E-state index in [1.807, 2.05) is 0 Å². The van der Waals surface area contributed by atoms with Crippen LogP contribution in [-0.2, 0) is 9.63 Å². The monoisotopic (exact) mass is 304 g/mol. The summed E-state index contributed by atoms with van der Waals surface area (Å²) in [5.74, 6) is 0.571. The van der Waals surface area contributed by atoms with E-state index in [1.165, 1.54) is 38.4 Å². The molecule has 0 amide bonds. The fourth-order valence-corrected chi connectivity index (χ4v) is 1.72. The number of carbonyl (C=O) groups is 1. The van der Waals surface area contributed by atoms with Gasteiger partial charge < -0.3 is 14.0 Å². The van der Waals surface area contributed by atoms with Crippen LogP contribution in [0.2, 0.25) is 0 Å². The second-order valence-electron chi connectivity index (χ2n) is 4.16. The van der Waals surface area contributed by atoms with Crippen molar-refractivity contribution in [3.05, 3.63) is 46.2 Å². The van der Waals surface area contributed by atoms with Crippen LogP contribution in [0.4, 0.5) is 5.69 Å². The Morgan fingerprint density at radius 1 is 1.36 bits per heavy atom. The number of non-ortho nitro benzene ring substituents is 1. The lowest BCUT2D eigenvalue weighted by atomic mass is 10.1. The van der Waals surface area contributed by atoms with Crippen molar-refractivity contribution in [2.24, 2.45) is 5.16 Å². The predicted molar refractivity (Wildman–Crippen MR) is 76.7 cm³/mol. The Kier molecular flexibility index (Phi) is 4.52. The minimum Gasteiger partial charge on any atom is -0.496 e. The summed E-state index contributed by atoms with van der Waals surface area (Å²) in [4.78, 5) is 25.4. The number of nitrogens with zero attached hydrogens (tertiary/aromatic N) is 2. The summed E-state index contributed by atoms with van der Waals surface area (Å²) in [6.07, 6.45) is 1.22. The molecule has 0 saturated heterocycles. The molecular formula is C14H12N2O6. The van der Waals surface area contributed by atoms with Crippen LogP contribution in [0.3, 0.4) is 0 Å². The normalized spacial score (nSPS) is 10.6. The van der Waals surface area contributed by atoms with Crippen LogP contribution >= 0.6 is 0 Å². The molecule has 0 aliphatic carbocycles. The number of nitro groups is 1. The zero-order valence-corrected chi connectivity index (χ0v) is 11.8. The van der Waals surface area contributed by atoms with Gasteiger partial charge in [0.05, 0.1) is 17.6 Å². The summed E-state index contributed by atoms with van der Waals surface area (Å²) in [6, 6.07) is 7.37. The number of carbonyl (C=O) groups excluding carboxylic acids is 1. The van der Waals surface area contributed by atoms with E-state index in [2.05, 4.69) is 9.99 Å². The van der Waals surface area contributed by atoms with E-state index < -0.39 is 10.9 Å². The minimum atomic E-state index is -0.552. The van der Waals surface area contributed by atoms with Crippen molar-refractivity contribution >= 4 is 17.9 Å². The van der Waals surface area contributed by atoms with Crippen molar-refractivity contribution in [2.45, 2.75) is 6.92 Å². The topological polar surface area (TPSA) is 104 Å². The van der Waals surface area contributed by atoms with Crippen molar-refractivity contribution in [2.75, 3.05) is 7.11 Å². The minimum absolute atomic E-state index is 0.0812. The van der Waals surface area contributed by atoms with Gasteiger partial charge in [0.2, 0.25) is 0 Å². The number of hydrogen-bond acceptors (Lipinski definition) is 7. The van der Waals surface area contributed by atoms with Gasteiger partial charge in [-0.05, 0) is 18.2 Å². The van der Waals surface area contributed by atoms with Gasteiger partial charge in [-0.25, -0.2) is 4.79 Å². The van der Waals surface area contributed by atoms with Gasteiger partial charge in [0.25, 0.3) is 5.69 Å². The zero-order valence-electron chi connectivity index (χ0n) is 11.8. The molecule has 0 radical (unpaired) electrons. The molecule has 0 saturated carbocycles. The van der Waals surface area contributed by atoms with Crippen LogP contribution in [-0.4, -0.2) is 24.2 Å². The van der Waals surface area contributed by atoms with Gasteiger partial charge in [-0.1, -0.05) is 5.16 Å². The summed E-state index contributed by atoms with van der Waals surface area (Å²) in [6.45, 7) is 1.22. The average Bonchev–Trinajstić information content (AvgIpc) is 2.94. The predicted octanol–water partition coefficient (Wildman–Crippen LogP) is 2.76. The number of benzene rings is 1. The second-order valence-corrected chi connectivity index (χ2v) is 4.16. The Hall–Kier alpha value is -3.16. The molecule has 0 N–H and O–H groups in total. The van der Waals surface area contributed by atoms with Gasteiger partial charge in [0, 0.05) is 19.1 Å². The largest absolute Gasteiger partial charge is 0.496 e. The van der Waals surface area contributed by atoms with E-state index in [4.69, 9.17) is 9.15 Å². The molecule has 2 aromatic rings. The first-order valence-electron chi connectivity index (χ1n) is 6.15. The van der Waals surface area contributed by atoms with Crippen molar-refractivity contribution in [1.29, 1.82) is 0 Å². The molecule has 8 heteroatoms. The summed E-state index contributed by atoms with van der Waals surface area (Å²) in [5, 5.41) is 14.3. The molecule has 0 bridgehead atoms. The number of ether oxygens (including phenoxy) is 1.